The molecule has 0 aliphatic heterocycles. The van der Waals surface area contributed by atoms with Gasteiger partial charge in [0.2, 0.25) is 5.95 Å². The Hall–Kier alpha value is -0.810. The first kappa shape index (κ1) is 13.6. The summed E-state index contributed by atoms with van der Waals surface area (Å²) in [4.78, 5) is 11.6. The number of nitrogens with zero attached hydrogens (tertiary/aromatic N) is 2. The van der Waals surface area contributed by atoms with Gasteiger partial charge in [0, 0.05) is 17.3 Å². The number of aryl methyl sites for hydroxylation is 1. The summed E-state index contributed by atoms with van der Waals surface area (Å²) >= 11 is 3.62. The first-order valence-electron chi connectivity index (χ1n) is 6.39. The van der Waals surface area contributed by atoms with E-state index in [4.69, 9.17) is 0 Å². The SMILES string of the molecule is CCCCSc1nc(NC)nc2sc(CC)cc12. The van der Waals surface area contributed by atoms with Crippen LogP contribution in [0, 0.1) is 0 Å². The van der Waals surface area contributed by atoms with Gasteiger partial charge in [-0.25, -0.2) is 9.97 Å². The van der Waals surface area contributed by atoms with Crippen LogP contribution in [-0.4, -0.2) is 22.8 Å². The lowest BCUT2D eigenvalue weighted by Gasteiger charge is -2.04. The topological polar surface area (TPSA) is 37.8 Å². The van der Waals surface area contributed by atoms with Crippen LogP contribution in [0.1, 0.15) is 31.6 Å². The average Bonchev–Trinajstić information content (AvgIpc) is 2.81. The molecule has 0 bridgehead atoms. The van der Waals surface area contributed by atoms with Crippen LogP contribution in [-0.2, 0) is 6.42 Å². The van der Waals surface area contributed by atoms with E-state index in [-0.39, 0.29) is 0 Å². The van der Waals surface area contributed by atoms with Gasteiger partial charge in [-0.1, -0.05) is 20.3 Å². The maximum absolute atomic E-state index is 4.59. The van der Waals surface area contributed by atoms with Gasteiger partial charge in [-0.15, -0.1) is 23.1 Å². The molecular weight excluding hydrogens is 262 g/mol. The molecule has 0 radical (unpaired) electrons. The van der Waals surface area contributed by atoms with Crippen LogP contribution in [0.3, 0.4) is 0 Å². The maximum Gasteiger partial charge on any atom is 0.224 e. The third-order valence-electron chi connectivity index (χ3n) is 2.72. The number of aromatic nitrogens is 2. The maximum atomic E-state index is 4.59. The van der Waals surface area contributed by atoms with E-state index in [1.807, 2.05) is 18.8 Å². The van der Waals surface area contributed by atoms with Crippen molar-refractivity contribution in [3.8, 4) is 0 Å². The molecule has 98 valence electrons. The second-order valence-electron chi connectivity index (χ2n) is 4.09. The highest BCUT2D eigenvalue weighted by molar-refractivity contribution is 7.99. The zero-order chi connectivity index (χ0) is 13.0. The van der Waals surface area contributed by atoms with E-state index >= 15 is 0 Å². The van der Waals surface area contributed by atoms with E-state index in [1.165, 1.54) is 23.1 Å². The molecule has 2 rings (SSSR count). The Morgan fingerprint density at radius 3 is 2.83 bits per heavy atom. The van der Waals surface area contributed by atoms with Crippen LogP contribution < -0.4 is 5.32 Å². The molecule has 0 atom stereocenters. The predicted octanol–water partition coefficient (Wildman–Crippen LogP) is 4.19. The number of unbranched alkanes of at least 4 members (excludes halogenated alkanes) is 1. The molecule has 0 aliphatic carbocycles. The first-order valence-corrected chi connectivity index (χ1v) is 8.19. The summed E-state index contributed by atoms with van der Waals surface area (Å²) in [6.07, 6.45) is 3.52. The van der Waals surface area contributed by atoms with E-state index in [2.05, 4.69) is 35.2 Å². The van der Waals surface area contributed by atoms with Gasteiger partial charge in [-0.05, 0) is 24.7 Å². The Morgan fingerprint density at radius 1 is 1.33 bits per heavy atom. The number of thiophene rings is 1. The summed E-state index contributed by atoms with van der Waals surface area (Å²) in [6, 6.07) is 2.24. The van der Waals surface area contributed by atoms with Crippen molar-refractivity contribution in [1.82, 2.24) is 9.97 Å². The van der Waals surface area contributed by atoms with Gasteiger partial charge in [0.25, 0.3) is 0 Å². The van der Waals surface area contributed by atoms with Crippen molar-refractivity contribution in [2.24, 2.45) is 0 Å². The highest BCUT2D eigenvalue weighted by atomic mass is 32.2. The van der Waals surface area contributed by atoms with Crippen LogP contribution in [0.4, 0.5) is 5.95 Å². The monoisotopic (exact) mass is 281 g/mol. The molecule has 0 spiro atoms. The minimum atomic E-state index is 0.728. The predicted molar refractivity (Wildman–Crippen MR) is 82.0 cm³/mol. The summed E-state index contributed by atoms with van der Waals surface area (Å²) in [5, 5.41) is 5.39. The van der Waals surface area contributed by atoms with Crippen molar-refractivity contribution in [2.75, 3.05) is 18.1 Å². The summed E-state index contributed by atoms with van der Waals surface area (Å²) in [5.74, 6) is 1.86. The molecule has 0 saturated carbocycles. The Kier molecular flexibility index (Phi) is 4.83. The van der Waals surface area contributed by atoms with Crippen LogP contribution in [0.5, 0.6) is 0 Å². The number of nitrogens with one attached hydrogen (secondary N) is 1. The molecule has 0 aliphatic rings. The van der Waals surface area contributed by atoms with E-state index in [0.717, 1.165) is 28.0 Å². The van der Waals surface area contributed by atoms with Crippen LogP contribution in [0.2, 0.25) is 0 Å². The smallest absolute Gasteiger partial charge is 0.224 e. The molecule has 18 heavy (non-hydrogen) atoms. The second kappa shape index (κ2) is 6.38. The first-order chi connectivity index (χ1) is 8.78. The normalized spacial score (nSPS) is 11.1. The fourth-order valence-electron chi connectivity index (χ4n) is 1.65. The van der Waals surface area contributed by atoms with Crippen molar-refractivity contribution >= 4 is 39.3 Å². The largest absolute Gasteiger partial charge is 0.357 e. The van der Waals surface area contributed by atoms with E-state index in [9.17, 15) is 0 Å². The molecule has 0 unspecified atom stereocenters. The van der Waals surface area contributed by atoms with Gasteiger partial charge in [0.05, 0.1) is 0 Å². The van der Waals surface area contributed by atoms with Crippen molar-refractivity contribution < 1.29 is 0 Å². The molecule has 0 amide bonds. The summed E-state index contributed by atoms with van der Waals surface area (Å²) < 4.78 is 0. The van der Waals surface area contributed by atoms with Gasteiger partial charge in [-0.3, -0.25) is 0 Å². The molecule has 2 heterocycles. The number of hydrogen-bond acceptors (Lipinski definition) is 5. The minimum Gasteiger partial charge on any atom is -0.357 e. The van der Waals surface area contributed by atoms with Gasteiger partial charge < -0.3 is 5.32 Å². The molecule has 0 aromatic carbocycles. The molecule has 2 aromatic heterocycles. The van der Waals surface area contributed by atoms with E-state index < -0.39 is 0 Å². The number of anilines is 1. The van der Waals surface area contributed by atoms with Crippen molar-refractivity contribution in [3.05, 3.63) is 10.9 Å². The summed E-state index contributed by atoms with van der Waals surface area (Å²) in [6.45, 7) is 4.40. The van der Waals surface area contributed by atoms with Crippen LogP contribution >= 0.6 is 23.1 Å². The van der Waals surface area contributed by atoms with E-state index in [0.29, 0.717) is 0 Å². The summed E-state index contributed by atoms with van der Waals surface area (Å²) in [7, 11) is 1.87. The van der Waals surface area contributed by atoms with Crippen LogP contribution in [0.25, 0.3) is 10.2 Å². The molecule has 3 nitrogen and oxygen atoms in total. The van der Waals surface area contributed by atoms with Crippen LogP contribution in [0.15, 0.2) is 11.1 Å². The number of fused-ring (bicyclic) bond motifs is 1. The zero-order valence-electron chi connectivity index (χ0n) is 11.1. The Morgan fingerprint density at radius 2 is 2.17 bits per heavy atom. The molecular formula is C13H19N3S2. The molecule has 0 fully saturated rings. The Labute approximate surface area is 116 Å². The third-order valence-corrected chi connectivity index (χ3v) is 4.97. The number of thioether (sulfide) groups is 1. The van der Waals surface area contributed by atoms with Gasteiger partial charge in [-0.2, -0.15) is 0 Å². The van der Waals surface area contributed by atoms with Gasteiger partial charge >= 0.3 is 0 Å². The number of hydrogen-bond donors (Lipinski definition) is 1. The van der Waals surface area contributed by atoms with E-state index in [1.54, 1.807) is 11.3 Å². The van der Waals surface area contributed by atoms with Gasteiger partial charge in [0.1, 0.15) is 9.86 Å². The highest BCUT2D eigenvalue weighted by Crippen LogP contribution is 2.32. The minimum absolute atomic E-state index is 0.728. The van der Waals surface area contributed by atoms with Crippen molar-refractivity contribution in [2.45, 2.75) is 38.1 Å². The van der Waals surface area contributed by atoms with Crippen molar-refractivity contribution in [1.29, 1.82) is 0 Å². The second-order valence-corrected chi connectivity index (χ2v) is 6.29. The Bertz CT molecular complexity index is 522. The molecule has 5 heteroatoms. The number of rotatable bonds is 6. The Balaban J connectivity index is 2.37. The third kappa shape index (κ3) is 2.95. The molecule has 2 aromatic rings. The quantitative estimate of drug-likeness (QED) is 0.489. The average molecular weight is 281 g/mol. The fraction of sp³-hybridized carbons (Fsp3) is 0.538. The van der Waals surface area contributed by atoms with Crippen molar-refractivity contribution in [3.63, 3.8) is 0 Å². The highest BCUT2D eigenvalue weighted by Gasteiger charge is 2.11. The fourth-order valence-corrected chi connectivity index (χ4v) is 3.77. The zero-order valence-corrected chi connectivity index (χ0v) is 12.7. The molecule has 1 N–H and O–H groups in total. The van der Waals surface area contributed by atoms with Gasteiger partial charge in [0.15, 0.2) is 0 Å². The summed E-state index contributed by atoms with van der Waals surface area (Å²) in [5.41, 5.74) is 0. The standard InChI is InChI=1S/C13H19N3S2/c1-4-6-7-17-11-10-8-9(5-2)18-12(10)16-13(14-3)15-11/h8H,4-7H2,1-3H3,(H,14,15,16). The molecule has 0 saturated heterocycles. The lowest BCUT2D eigenvalue weighted by Crippen LogP contribution is -1.97. The lowest BCUT2D eigenvalue weighted by atomic mass is 10.3. The lowest BCUT2D eigenvalue weighted by molar-refractivity contribution is 0.895.